The molecule has 0 spiro atoms. The molecule has 0 saturated carbocycles. The molecular weight excluding hydrogens is 236 g/mol. The van der Waals surface area contributed by atoms with Gasteiger partial charge in [0.25, 0.3) is 0 Å². The minimum absolute atomic E-state index is 0.253. The Morgan fingerprint density at radius 1 is 1.00 bits per heavy atom. The van der Waals surface area contributed by atoms with Crippen LogP contribution >= 0.6 is 0 Å². The third kappa shape index (κ3) is 3.32. The largest absolute Gasteiger partial charge is 0.478 e. The zero-order chi connectivity index (χ0) is 13.7. The third-order valence-electron chi connectivity index (χ3n) is 3.10. The number of aliphatic carboxylic acids is 1. The van der Waals surface area contributed by atoms with Crippen molar-refractivity contribution < 1.29 is 9.90 Å². The van der Waals surface area contributed by atoms with Crippen LogP contribution in [-0.2, 0) is 11.2 Å². The SMILES string of the molecule is C=C(CCc1ccccc1-c1ccccc1)C(=O)O. The van der Waals surface area contributed by atoms with E-state index >= 15 is 0 Å². The van der Waals surface area contributed by atoms with E-state index in [4.69, 9.17) is 5.11 Å². The second kappa shape index (κ2) is 6.01. The second-order valence-electron chi connectivity index (χ2n) is 4.43. The summed E-state index contributed by atoms with van der Waals surface area (Å²) in [4.78, 5) is 10.8. The van der Waals surface area contributed by atoms with Crippen LogP contribution in [-0.4, -0.2) is 11.1 Å². The van der Waals surface area contributed by atoms with Gasteiger partial charge < -0.3 is 5.11 Å². The maximum atomic E-state index is 10.8. The number of aryl methyl sites for hydroxylation is 1. The van der Waals surface area contributed by atoms with E-state index in [1.807, 2.05) is 36.4 Å². The molecule has 0 aliphatic rings. The van der Waals surface area contributed by atoms with Crippen molar-refractivity contribution in [2.75, 3.05) is 0 Å². The molecule has 0 radical (unpaired) electrons. The van der Waals surface area contributed by atoms with E-state index in [1.54, 1.807) is 0 Å². The molecule has 0 heterocycles. The Hall–Kier alpha value is -2.35. The van der Waals surface area contributed by atoms with Gasteiger partial charge in [0.05, 0.1) is 0 Å². The van der Waals surface area contributed by atoms with Gasteiger partial charge in [-0.25, -0.2) is 4.79 Å². The Morgan fingerprint density at radius 3 is 2.32 bits per heavy atom. The van der Waals surface area contributed by atoms with Gasteiger partial charge in [0, 0.05) is 5.57 Å². The molecule has 0 atom stereocenters. The summed E-state index contributed by atoms with van der Waals surface area (Å²) in [5.74, 6) is -0.919. The van der Waals surface area contributed by atoms with Crippen molar-refractivity contribution >= 4 is 5.97 Å². The Bertz CT molecular complexity index is 585. The first-order chi connectivity index (χ1) is 9.18. The predicted octanol–water partition coefficient (Wildman–Crippen LogP) is 3.93. The quantitative estimate of drug-likeness (QED) is 0.819. The fourth-order valence-electron chi connectivity index (χ4n) is 2.03. The third-order valence-corrected chi connectivity index (χ3v) is 3.10. The van der Waals surface area contributed by atoms with Gasteiger partial charge in [-0.2, -0.15) is 0 Å². The summed E-state index contributed by atoms with van der Waals surface area (Å²) in [5.41, 5.74) is 3.71. The summed E-state index contributed by atoms with van der Waals surface area (Å²) in [6, 6.07) is 18.2. The highest BCUT2D eigenvalue weighted by Gasteiger charge is 2.07. The average Bonchev–Trinajstić information content (AvgIpc) is 2.46. The van der Waals surface area contributed by atoms with Gasteiger partial charge in [0.2, 0.25) is 0 Å². The molecule has 0 aromatic heterocycles. The fraction of sp³-hybridized carbons (Fsp3) is 0.118. The summed E-state index contributed by atoms with van der Waals surface area (Å²) in [7, 11) is 0. The normalized spacial score (nSPS) is 10.1. The van der Waals surface area contributed by atoms with E-state index in [-0.39, 0.29) is 5.57 Å². The van der Waals surface area contributed by atoms with E-state index in [2.05, 4.69) is 24.8 Å². The maximum Gasteiger partial charge on any atom is 0.330 e. The van der Waals surface area contributed by atoms with Crippen LogP contribution in [0.1, 0.15) is 12.0 Å². The van der Waals surface area contributed by atoms with Crippen LogP contribution < -0.4 is 0 Å². The highest BCUT2D eigenvalue weighted by molar-refractivity contribution is 5.85. The standard InChI is InChI=1S/C17H16O2/c1-13(17(18)19)11-12-15-9-5-6-10-16(15)14-7-3-2-4-8-14/h2-10H,1,11-12H2,(H,18,19). The van der Waals surface area contributed by atoms with Gasteiger partial charge in [-0.05, 0) is 29.5 Å². The molecule has 0 aliphatic heterocycles. The molecule has 2 heteroatoms. The fourth-order valence-corrected chi connectivity index (χ4v) is 2.03. The van der Waals surface area contributed by atoms with E-state index in [0.29, 0.717) is 12.8 Å². The van der Waals surface area contributed by atoms with Crippen molar-refractivity contribution in [3.8, 4) is 11.1 Å². The summed E-state index contributed by atoms with van der Waals surface area (Å²) in [6.45, 7) is 3.57. The smallest absolute Gasteiger partial charge is 0.330 e. The maximum absolute atomic E-state index is 10.8. The predicted molar refractivity (Wildman–Crippen MR) is 77.0 cm³/mol. The molecule has 0 amide bonds. The van der Waals surface area contributed by atoms with Gasteiger partial charge in [-0.15, -0.1) is 0 Å². The van der Waals surface area contributed by atoms with Crippen molar-refractivity contribution in [2.24, 2.45) is 0 Å². The Labute approximate surface area is 113 Å². The molecule has 2 aromatic carbocycles. The summed E-state index contributed by atoms with van der Waals surface area (Å²) >= 11 is 0. The van der Waals surface area contributed by atoms with E-state index in [0.717, 1.165) is 16.7 Å². The van der Waals surface area contributed by atoms with Gasteiger partial charge in [0.15, 0.2) is 0 Å². The molecule has 0 unspecified atom stereocenters. The summed E-state index contributed by atoms with van der Waals surface area (Å²) < 4.78 is 0. The topological polar surface area (TPSA) is 37.3 Å². The van der Waals surface area contributed by atoms with Gasteiger partial charge >= 0.3 is 5.97 Å². The molecule has 0 fully saturated rings. The van der Waals surface area contributed by atoms with E-state index < -0.39 is 5.97 Å². The van der Waals surface area contributed by atoms with Crippen LogP contribution in [0.5, 0.6) is 0 Å². The minimum atomic E-state index is -0.919. The molecule has 0 bridgehead atoms. The highest BCUT2D eigenvalue weighted by Crippen LogP contribution is 2.25. The molecular formula is C17H16O2. The molecule has 19 heavy (non-hydrogen) atoms. The summed E-state index contributed by atoms with van der Waals surface area (Å²) in [6.07, 6.45) is 1.16. The van der Waals surface area contributed by atoms with E-state index in [9.17, 15) is 4.79 Å². The van der Waals surface area contributed by atoms with Crippen molar-refractivity contribution in [1.82, 2.24) is 0 Å². The van der Waals surface area contributed by atoms with Crippen molar-refractivity contribution in [2.45, 2.75) is 12.8 Å². The number of rotatable bonds is 5. The number of carboxylic acid groups (broad SMARTS) is 1. The Kier molecular flexibility index (Phi) is 4.14. The lowest BCUT2D eigenvalue weighted by Crippen LogP contribution is -2.01. The van der Waals surface area contributed by atoms with Crippen molar-refractivity contribution in [1.29, 1.82) is 0 Å². The lowest BCUT2D eigenvalue weighted by Gasteiger charge is -2.09. The Morgan fingerprint density at radius 2 is 1.63 bits per heavy atom. The molecule has 2 aromatic rings. The van der Waals surface area contributed by atoms with Crippen molar-refractivity contribution in [3.63, 3.8) is 0 Å². The zero-order valence-corrected chi connectivity index (χ0v) is 10.7. The number of hydrogen-bond acceptors (Lipinski definition) is 1. The van der Waals surface area contributed by atoms with Gasteiger partial charge in [0.1, 0.15) is 0 Å². The van der Waals surface area contributed by atoms with Crippen LogP contribution in [0, 0.1) is 0 Å². The van der Waals surface area contributed by atoms with Crippen LogP contribution in [0.3, 0.4) is 0 Å². The number of carboxylic acids is 1. The molecule has 2 rings (SSSR count). The van der Waals surface area contributed by atoms with Gasteiger partial charge in [-0.3, -0.25) is 0 Å². The monoisotopic (exact) mass is 252 g/mol. The van der Waals surface area contributed by atoms with Crippen LogP contribution in [0.4, 0.5) is 0 Å². The lowest BCUT2D eigenvalue weighted by molar-refractivity contribution is -0.132. The van der Waals surface area contributed by atoms with Crippen LogP contribution in [0.15, 0.2) is 66.7 Å². The summed E-state index contributed by atoms with van der Waals surface area (Å²) in [5, 5.41) is 8.85. The number of carbonyl (C=O) groups is 1. The number of hydrogen-bond donors (Lipinski definition) is 1. The van der Waals surface area contributed by atoms with Crippen molar-refractivity contribution in [3.05, 3.63) is 72.3 Å². The first-order valence-corrected chi connectivity index (χ1v) is 6.23. The minimum Gasteiger partial charge on any atom is -0.478 e. The second-order valence-corrected chi connectivity index (χ2v) is 4.43. The first kappa shape index (κ1) is 13.1. The van der Waals surface area contributed by atoms with Crippen LogP contribution in [0.25, 0.3) is 11.1 Å². The first-order valence-electron chi connectivity index (χ1n) is 6.23. The average molecular weight is 252 g/mol. The number of benzene rings is 2. The Balaban J connectivity index is 2.22. The molecule has 0 saturated heterocycles. The molecule has 2 nitrogen and oxygen atoms in total. The highest BCUT2D eigenvalue weighted by atomic mass is 16.4. The van der Waals surface area contributed by atoms with Crippen LogP contribution in [0.2, 0.25) is 0 Å². The zero-order valence-electron chi connectivity index (χ0n) is 10.7. The lowest BCUT2D eigenvalue weighted by atomic mass is 9.95. The molecule has 1 N–H and O–H groups in total. The van der Waals surface area contributed by atoms with Gasteiger partial charge in [-0.1, -0.05) is 61.2 Å². The molecule has 96 valence electrons. The van der Waals surface area contributed by atoms with E-state index in [1.165, 1.54) is 0 Å². The molecule has 0 aliphatic carbocycles.